The van der Waals surface area contributed by atoms with E-state index in [9.17, 15) is 19.2 Å². The highest BCUT2D eigenvalue weighted by Crippen LogP contribution is 2.13. The van der Waals surface area contributed by atoms with Gasteiger partial charge in [-0.05, 0) is 38.0 Å². The number of ether oxygens (including phenoxy) is 2. The molecule has 27 heavy (non-hydrogen) atoms. The smallest absolute Gasteiger partial charge is 0.409 e. The van der Waals surface area contributed by atoms with Crippen LogP contribution in [0.3, 0.4) is 0 Å². The van der Waals surface area contributed by atoms with Crippen LogP contribution in [0.4, 0.5) is 10.5 Å². The van der Waals surface area contributed by atoms with Crippen molar-refractivity contribution in [3.05, 3.63) is 29.8 Å². The van der Waals surface area contributed by atoms with Gasteiger partial charge >= 0.3 is 23.9 Å². The van der Waals surface area contributed by atoms with Gasteiger partial charge < -0.3 is 25.0 Å². The Hall–Kier alpha value is -3.10. The van der Waals surface area contributed by atoms with Crippen molar-refractivity contribution in [1.82, 2.24) is 10.2 Å². The number of carbonyl (C=O) groups is 4. The Labute approximate surface area is 157 Å². The molecule has 0 radical (unpaired) electrons. The number of carbonyl (C=O) groups excluding carboxylic acids is 4. The van der Waals surface area contributed by atoms with Crippen LogP contribution in [0.2, 0.25) is 0 Å². The van der Waals surface area contributed by atoms with Crippen molar-refractivity contribution in [2.45, 2.75) is 25.8 Å². The molecule has 0 saturated carbocycles. The van der Waals surface area contributed by atoms with E-state index < -0.39 is 17.8 Å². The largest absolute Gasteiger partial charge is 0.465 e. The van der Waals surface area contributed by atoms with Crippen molar-refractivity contribution in [1.29, 1.82) is 0 Å². The van der Waals surface area contributed by atoms with Crippen LogP contribution in [0, 0.1) is 0 Å². The van der Waals surface area contributed by atoms with Gasteiger partial charge in [0.25, 0.3) is 0 Å². The number of amides is 3. The number of nitrogens with one attached hydrogen (secondary N) is 2. The Morgan fingerprint density at radius 2 is 1.85 bits per heavy atom. The maximum Gasteiger partial charge on any atom is 0.409 e. The number of anilines is 1. The van der Waals surface area contributed by atoms with Gasteiger partial charge in [0.1, 0.15) is 0 Å². The fourth-order valence-corrected chi connectivity index (χ4v) is 2.70. The van der Waals surface area contributed by atoms with Crippen LogP contribution in [0.15, 0.2) is 24.3 Å². The molecule has 1 aliphatic rings. The molecule has 1 heterocycles. The van der Waals surface area contributed by atoms with E-state index in [1.165, 1.54) is 13.2 Å². The number of rotatable bonds is 4. The minimum Gasteiger partial charge on any atom is -0.465 e. The zero-order valence-corrected chi connectivity index (χ0v) is 15.3. The summed E-state index contributed by atoms with van der Waals surface area (Å²) in [6, 6.07) is 5.91. The van der Waals surface area contributed by atoms with Crippen LogP contribution in [-0.4, -0.2) is 61.6 Å². The van der Waals surface area contributed by atoms with E-state index in [-0.39, 0.29) is 17.7 Å². The first-order chi connectivity index (χ1) is 12.9. The number of hydrogen-bond acceptors (Lipinski definition) is 6. The molecule has 2 rings (SSSR count). The van der Waals surface area contributed by atoms with E-state index in [4.69, 9.17) is 4.74 Å². The quantitative estimate of drug-likeness (QED) is 0.601. The second-order valence-corrected chi connectivity index (χ2v) is 5.96. The predicted octanol–water partition coefficient (Wildman–Crippen LogP) is 1.15. The third kappa shape index (κ3) is 5.70. The van der Waals surface area contributed by atoms with Gasteiger partial charge in [0.2, 0.25) is 0 Å². The monoisotopic (exact) mass is 377 g/mol. The van der Waals surface area contributed by atoms with Crippen molar-refractivity contribution in [2.75, 3.05) is 32.1 Å². The summed E-state index contributed by atoms with van der Waals surface area (Å²) >= 11 is 0. The molecule has 146 valence electrons. The molecule has 1 aliphatic heterocycles. The van der Waals surface area contributed by atoms with E-state index in [0.717, 1.165) is 0 Å². The summed E-state index contributed by atoms with van der Waals surface area (Å²) in [7, 11) is 1.26. The summed E-state index contributed by atoms with van der Waals surface area (Å²) in [4.78, 5) is 48.9. The molecule has 0 atom stereocenters. The van der Waals surface area contributed by atoms with Crippen molar-refractivity contribution >= 4 is 29.6 Å². The lowest BCUT2D eigenvalue weighted by molar-refractivity contribution is -0.136. The molecule has 9 heteroatoms. The maximum absolute atomic E-state index is 12.1. The first kappa shape index (κ1) is 20.2. The van der Waals surface area contributed by atoms with E-state index >= 15 is 0 Å². The SMILES string of the molecule is CCOC(=O)N1CCC(NC(=O)C(=O)Nc2cccc(C(=O)OC)c2)CC1. The summed E-state index contributed by atoms with van der Waals surface area (Å²) in [5.41, 5.74) is 0.581. The topological polar surface area (TPSA) is 114 Å². The highest BCUT2D eigenvalue weighted by atomic mass is 16.6. The van der Waals surface area contributed by atoms with Crippen LogP contribution in [-0.2, 0) is 19.1 Å². The van der Waals surface area contributed by atoms with Gasteiger partial charge in [-0.3, -0.25) is 9.59 Å². The number of likely N-dealkylation sites (tertiary alicyclic amines) is 1. The molecule has 1 aromatic rings. The summed E-state index contributed by atoms with van der Waals surface area (Å²) in [6.07, 6.45) is 0.705. The Bertz CT molecular complexity index is 713. The zero-order valence-electron chi connectivity index (χ0n) is 15.3. The van der Waals surface area contributed by atoms with E-state index in [1.54, 1.807) is 30.0 Å². The van der Waals surface area contributed by atoms with Crippen molar-refractivity contribution in [3.8, 4) is 0 Å². The van der Waals surface area contributed by atoms with Crippen molar-refractivity contribution in [3.63, 3.8) is 0 Å². The highest BCUT2D eigenvalue weighted by Gasteiger charge is 2.26. The molecule has 1 aromatic carbocycles. The number of nitrogens with zero attached hydrogens (tertiary/aromatic N) is 1. The summed E-state index contributed by atoms with van der Waals surface area (Å²) in [5.74, 6) is -2.14. The number of piperidine rings is 1. The Kier molecular flexibility index (Phi) is 7.16. The molecule has 2 N–H and O–H groups in total. The lowest BCUT2D eigenvalue weighted by Gasteiger charge is -2.31. The molecule has 0 aromatic heterocycles. The molecule has 9 nitrogen and oxygen atoms in total. The third-order valence-corrected chi connectivity index (χ3v) is 4.10. The first-order valence-electron chi connectivity index (χ1n) is 8.66. The molecule has 0 spiro atoms. The number of hydrogen-bond donors (Lipinski definition) is 2. The van der Waals surface area contributed by atoms with E-state index in [1.807, 2.05) is 0 Å². The van der Waals surface area contributed by atoms with Gasteiger partial charge in [-0.15, -0.1) is 0 Å². The van der Waals surface area contributed by atoms with Gasteiger partial charge in [0.15, 0.2) is 0 Å². The van der Waals surface area contributed by atoms with Gasteiger partial charge in [-0.1, -0.05) is 6.07 Å². The molecule has 0 bridgehead atoms. The van der Waals surface area contributed by atoms with Crippen LogP contribution >= 0.6 is 0 Å². The summed E-state index contributed by atoms with van der Waals surface area (Å²) in [5, 5.41) is 5.11. The van der Waals surface area contributed by atoms with E-state index in [2.05, 4.69) is 15.4 Å². The Morgan fingerprint density at radius 3 is 2.48 bits per heavy atom. The van der Waals surface area contributed by atoms with Crippen LogP contribution < -0.4 is 10.6 Å². The molecule has 3 amide bonds. The number of methoxy groups -OCH3 is 1. The summed E-state index contributed by atoms with van der Waals surface area (Å²) < 4.78 is 9.56. The van der Waals surface area contributed by atoms with E-state index in [0.29, 0.717) is 38.2 Å². The van der Waals surface area contributed by atoms with Crippen molar-refractivity contribution in [2.24, 2.45) is 0 Å². The average Bonchev–Trinajstić information content (AvgIpc) is 2.68. The fourth-order valence-electron chi connectivity index (χ4n) is 2.70. The van der Waals surface area contributed by atoms with Crippen LogP contribution in [0.25, 0.3) is 0 Å². The minimum absolute atomic E-state index is 0.199. The minimum atomic E-state index is -0.829. The van der Waals surface area contributed by atoms with Gasteiger partial charge in [-0.2, -0.15) is 0 Å². The molecule has 0 unspecified atom stereocenters. The Morgan fingerprint density at radius 1 is 1.15 bits per heavy atom. The zero-order chi connectivity index (χ0) is 19.8. The standard InChI is InChI=1S/C18H23N3O6/c1-3-27-18(25)21-9-7-13(8-10-21)19-15(22)16(23)20-14-6-4-5-12(11-14)17(24)26-2/h4-6,11,13H,3,7-10H2,1-2H3,(H,19,22)(H,20,23). The summed E-state index contributed by atoms with van der Waals surface area (Å²) in [6.45, 7) is 2.95. The second-order valence-electron chi connectivity index (χ2n) is 5.96. The lowest BCUT2D eigenvalue weighted by atomic mass is 10.1. The van der Waals surface area contributed by atoms with Gasteiger partial charge in [0.05, 0.1) is 19.3 Å². The molecule has 1 saturated heterocycles. The van der Waals surface area contributed by atoms with Crippen molar-refractivity contribution < 1.29 is 28.7 Å². The fraction of sp³-hybridized carbons (Fsp3) is 0.444. The number of esters is 1. The van der Waals surface area contributed by atoms with Gasteiger partial charge in [0, 0.05) is 24.8 Å². The third-order valence-electron chi connectivity index (χ3n) is 4.10. The maximum atomic E-state index is 12.1. The van der Waals surface area contributed by atoms with Gasteiger partial charge in [-0.25, -0.2) is 9.59 Å². The molecule has 0 aliphatic carbocycles. The molecular weight excluding hydrogens is 354 g/mol. The lowest BCUT2D eigenvalue weighted by Crippen LogP contribution is -2.49. The normalized spacial score (nSPS) is 14.2. The number of benzene rings is 1. The second kappa shape index (κ2) is 9.56. The molecule has 1 fully saturated rings. The predicted molar refractivity (Wildman–Crippen MR) is 96.2 cm³/mol. The highest BCUT2D eigenvalue weighted by molar-refractivity contribution is 6.39. The molecular formula is C18H23N3O6. The Balaban J connectivity index is 1.84. The van der Waals surface area contributed by atoms with Crippen LogP contribution in [0.1, 0.15) is 30.1 Å². The van der Waals surface area contributed by atoms with Crippen LogP contribution in [0.5, 0.6) is 0 Å². The average molecular weight is 377 g/mol. The first-order valence-corrected chi connectivity index (χ1v) is 8.66.